The monoisotopic (exact) mass is 627 g/mol. The second kappa shape index (κ2) is 23.3. The Kier molecular flexibility index (Phi) is 19.4. The highest BCUT2D eigenvalue weighted by Gasteiger charge is 2.25. The summed E-state index contributed by atoms with van der Waals surface area (Å²) in [5, 5.41) is 0. The minimum Gasteiger partial charge on any atom is -0.489 e. The predicted octanol–water partition coefficient (Wildman–Crippen LogP) is 8.99. The third kappa shape index (κ3) is 15.0. The third-order valence-corrected chi connectivity index (χ3v) is 8.36. The van der Waals surface area contributed by atoms with Crippen LogP contribution in [0, 0.1) is 0 Å². The topological polar surface area (TPSA) is 68.3 Å². The summed E-state index contributed by atoms with van der Waals surface area (Å²) < 4.78 is 38.5. The lowest BCUT2D eigenvalue weighted by Crippen LogP contribution is -2.34. The Labute approximate surface area is 273 Å². The Bertz CT molecular complexity index is 951. The Morgan fingerprint density at radius 1 is 0.600 bits per heavy atom. The molecule has 0 fully saturated rings. The molecule has 0 radical (unpaired) electrons. The number of hydrogen-bond acceptors (Lipinski definition) is 7. The summed E-state index contributed by atoms with van der Waals surface area (Å²) in [6.45, 7) is 12.4. The van der Waals surface area contributed by atoms with Crippen molar-refractivity contribution in [1.82, 2.24) is 4.98 Å². The summed E-state index contributed by atoms with van der Waals surface area (Å²) in [7, 11) is 0. The van der Waals surface area contributed by atoms with Gasteiger partial charge < -0.3 is 28.4 Å². The van der Waals surface area contributed by atoms with Gasteiger partial charge in [0.05, 0.1) is 75.4 Å². The summed E-state index contributed by atoms with van der Waals surface area (Å²) in [6, 6.07) is 14.3. The number of benzene rings is 1. The Morgan fingerprint density at radius 3 is 1.49 bits per heavy atom. The van der Waals surface area contributed by atoms with Gasteiger partial charge in [0.2, 0.25) is 0 Å². The van der Waals surface area contributed by atoms with Crippen LogP contribution in [0.3, 0.4) is 0 Å². The van der Waals surface area contributed by atoms with Gasteiger partial charge in [-0.2, -0.15) is 0 Å². The van der Waals surface area contributed by atoms with Gasteiger partial charge >= 0.3 is 0 Å². The van der Waals surface area contributed by atoms with Crippen LogP contribution in [-0.2, 0) is 43.5 Å². The normalized spacial score (nSPS) is 22.4. The molecule has 2 bridgehead atoms. The third-order valence-electron chi connectivity index (χ3n) is 8.36. The summed E-state index contributed by atoms with van der Waals surface area (Å²) in [5.74, 6) is 0.783. The first-order valence-electron chi connectivity index (χ1n) is 17.9. The molecular weight excluding hydrogens is 566 g/mol. The van der Waals surface area contributed by atoms with Crippen LogP contribution in [-0.4, -0.2) is 55.8 Å². The first-order chi connectivity index (χ1) is 22.2. The van der Waals surface area contributed by atoms with Crippen LogP contribution < -0.4 is 4.74 Å². The molecule has 1 aliphatic rings. The van der Waals surface area contributed by atoms with Gasteiger partial charge in [-0.25, -0.2) is 0 Å². The molecular formula is C38H61NO6. The van der Waals surface area contributed by atoms with Crippen LogP contribution in [0.2, 0.25) is 0 Å². The Morgan fingerprint density at radius 2 is 1.04 bits per heavy atom. The number of rotatable bonds is 15. The highest BCUT2D eigenvalue weighted by molar-refractivity contribution is 5.27. The summed E-state index contributed by atoms with van der Waals surface area (Å²) >= 11 is 0. The van der Waals surface area contributed by atoms with E-state index < -0.39 is 0 Å². The second-order valence-electron chi connectivity index (χ2n) is 12.3. The minimum absolute atomic E-state index is 0.00754. The number of nitrogens with zero attached hydrogens (tertiary/aromatic N) is 1. The molecule has 0 aliphatic carbocycles. The number of ether oxygens (including phenoxy) is 6. The van der Waals surface area contributed by atoms with Crippen molar-refractivity contribution in [2.24, 2.45) is 0 Å². The zero-order chi connectivity index (χ0) is 32.0. The molecule has 2 aromatic rings. The molecule has 4 atom stereocenters. The maximum Gasteiger partial charge on any atom is 0.123 e. The fourth-order valence-corrected chi connectivity index (χ4v) is 5.72. The predicted molar refractivity (Wildman–Crippen MR) is 181 cm³/mol. The Hall–Kier alpha value is -2.03. The van der Waals surface area contributed by atoms with Gasteiger partial charge in [-0.15, -0.1) is 0 Å². The first-order valence-corrected chi connectivity index (χ1v) is 17.9. The molecule has 0 saturated carbocycles. The van der Waals surface area contributed by atoms with E-state index in [1.165, 1.54) is 0 Å². The molecule has 0 N–H and O–H groups in total. The van der Waals surface area contributed by atoms with E-state index in [1.807, 2.05) is 30.3 Å². The SMILES string of the molecule is CCCC[C@H]1OCCOCCO[C@H](CCCC)[C@@H](CCCC)OCc2cc(OCc3ccccc3)cc(n2)CO[C@@H]1CCCC. The zero-order valence-electron chi connectivity index (χ0n) is 28.7. The van der Waals surface area contributed by atoms with Crippen LogP contribution in [0.15, 0.2) is 42.5 Å². The van der Waals surface area contributed by atoms with Gasteiger partial charge in [0.25, 0.3) is 0 Å². The van der Waals surface area contributed by atoms with E-state index in [0.717, 1.165) is 99.8 Å². The van der Waals surface area contributed by atoms with Crippen molar-refractivity contribution in [2.45, 2.75) is 149 Å². The molecule has 3 rings (SSSR count). The maximum atomic E-state index is 6.65. The molecule has 0 spiro atoms. The lowest BCUT2D eigenvalue weighted by Gasteiger charge is -2.29. The van der Waals surface area contributed by atoms with Crippen molar-refractivity contribution in [2.75, 3.05) is 26.4 Å². The van der Waals surface area contributed by atoms with Crippen LogP contribution in [0.25, 0.3) is 0 Å². The lowest BCUT2D eigenvalue weighted by molar-refractivity contribution is -0.111. The van der Waals surface area contributed by atoms with Crippen molar-refractivity contribution < 1.29 is 28.4 Å². The van der Waals surface area contributed by atoms with Crippen LogP contribution >= 0.6 is 0 Å². The molecule has 0 unspecified atom stereocenters. The number of aromatic nitrogens is 1. The van der Waals surface area contributed by atoms with Crippen molar-refractivity contribution >= 4 is 0 Å². The van der Waals surface area contributed by atoms with E-state index in [4.69, 9.17) is 33.4 Å². The van der Waals surface area contributed by atoms with Crippen molar-refractivity contribution in [3.8, 4) is 5.75 Å². The average Bonchev–Trinajstić information content (AvgIpc) is 3.06. The maximum absolute atomic E-state index is 6.65. The van der Waals surface area contributed by atoms with Gasteiger partial charge in [0.15, 0.2) is 0 Å². The zero-order valence-corrected chi connectivity index (χ0v) is 28.7. The smallest absolute Gasteiger partial charge is 0.123 e. The largest absolute Gasteiger partial charge is 0.489 e. The summed E-state index contributed by atoms with van der Waals surface area (Å²) in [4.78, 5) is 5.02. The van der Waals surface area contributed by atoms with Gasteiger partial charge in [-0.05, 0) is 31.2 Å². The fraction of sp³-hybridized carbons (Fsp3) is 0.711. The minimum atomic E-state index is -0.00754. The molecule has 1 aliphatic heterocycles. The molecule has 2 heterocycles. The fourth-order valence-electron chi connectivity index (χ4n) is 5.72. The molecule has 0 saturated heterocycles. The van der Waals surface area contributed by atoms with E-state index in [9.17, 15) is 0 Å². The first kappa shape index (κ1) is 37.4. The number of unbranched alkanes of at least 4 members (excludes halogenated alkanes) is 4. The molecule has 45 heavy (non-hydrogen) atoms. The summed E-state index contributed by atoms with van der Waals surface area (Å²) in [6.07, 6.45) is 12.8. The summed E-state index contributed by atoms with van der Waals surface area (Å²) in [5.41, 5.74) is 2.83. The lowest BCUT2D eigenvalue weighted by atomic mass is 10.0. The molecule has 0 amide bonds. The standard InChI is InChI=1S/C38H61NO6/c1-5-9-18-35-37(20-11-7-3)44-29-32-26-34(43-28-31-16-14-13-15-17-31)27-33(39-32)30-45-38(21-12-8-4)36(19-10-6-2)42-25-23-40-22-24-41-35/h13-17,26-27,35-38H,5-12,18-25,28-30H2,1-4H3/t35-,36-,37-,38-/m1/s1. The molecule has 1 aromatic carbocycles. The number of pyridine rings is 1. The molecule has 7 nitrogen and oxygen atoms in total. The van der Waals surface area contributed by atoms with Crippen LogP contribution in [0.4, 0.5) is 0 Å². The highest BCUT2D eigenvalue weighted by Crippen LogP contribution is 2.24. The van der Waals surface area contributed by atoms with E-state index in [2.05, 4.69) is 39.8 Å². The van der Waals surface area contributed by atoms with Gasteiger partial charge in [-0.1, -0.05) is 109 Å². The van der Waals surface area contributed by atoms with Crippen molar-refractivity contribution in [3.63, 3.8) is 0 Å². The van der Waals surface area contributed by atoms with E-state index in [-0.39, 0.29) is 24.4 Å². The molecule has 1 aromatic heterocycles. The highest BCUT2D eigenvalue weighted by atomic mass is 16.6. The van der Waals surface area contributed by atoms with Gasteiger partial charge in [0.1, 0.15) is 12.4 Å². The van der Waals surface area contributed by atoms with Gasteiger partial charge in [0, 0.05) is 12.1 Å². The second-order valence-corrected chi connectivity index (χ2v) is 12.3. The molecule has 7 heteroatoms. The average molecular weight is 628 g/mol. The molecule has 254 valence electrons. The number of fused-ring (bicyclic) bond motifs is 2. The quantitative estimate of drug-likeness (QED) is 0.195. The number of hydrogen-bond donors (Lipinski definition) is 0. The Balaban J connectivity index is 1.88. The van der Waals surface area contributed by atoms with Gasteiger partial charge in [-0.3, -0.25) is 4.98 Å². The van der Waals surface area contributed by atoms with Crippen molar-refractivity contribution in [3.05, 3.63) is 59.4 Å². The van der Waals surface area contributed by atoms with E-state index in [1.54, 1.807) is 0 Å². The van der Waals surface area contributed by atoms with E-state index in [0.29, 0.717) is 46.2 Å². The van der Waals surface area contributed by atoms with E-state index >= 15 is 0 Å². The van der Waals surface area contributed by atoms with Crippen molar-refractivity contribution in [1.29, 1.82) is 0 Å². The van der Waals surface area contributed by atoms with Crippen LogP contribution in [0.5, 0.6) is 5.75 Å². The van der Waals surface area contributed by atoms with Crippen LogP contribution in [0.1, 0.15) is 122 Å².